The van der Waals surface area contributed by atoms with Gasteiger partial charge in [0.15, 0.2) is 0 Å². The molecule has 1 aromatic heterocycles. The van der Waals surface area contributed by atoms with Crippen LogP contribution in [-0.4, -0.2) is 10.8 Å². The number of benzene rings is 6. The molecular weight excluding hydrogens is 655 g/mol. The molecule has 3 nitrogen and oxygen atoms in total. The van der Waals surface area contributed by atoms with Gasteiger partial charge in [-0.05, 0) is 118 Å². The number of hydrogen-bond donors (Lipinski definition) is 0. The number of anilines is 2. The molecule has 2 aliphatic carbocycles. The topological polar surface area (TPSA) is 20.5 Å². The number of fused-ring (bicyclic) bond motifs is 6. The molecule has 0 saturated carbocycles. The van der Waals surface area contributed by atoms with Crippen LogP contribution in [0.1, 0.15) is 61.8 Å². The van der Waals surface area contributed by atoms with Crippen LogP contribution >= 0.6 is 0 Å². The minimum absolute atomic E-state index is 0.0771. The van der Waals surface area contributed by atoms with Gasteiger partial charge in [0.25, 0.3) is 0 Å². The van der Waals surface area contributed by atoms with Gasteiger partial charge in [-0.1, -0.05) is 118 Å². The molecule has 10 rings (SSSR count). The van der Waals surface area contributed by atoms with E-state index in [0.717, 1.165) is 18.5 Å². The van der Waals surface area contributed by atoms with Crippen LogP contribution in [0.25, 0.3) is 44.2 Å². The zero-order chi connectivity index (χ0) is 36.4. The normalized spacial score (nSPS) is 18.4. The van der Waals surface area contributed by atoms with Gasteiger partial charge in [0.05, 0.1) is 11.0 Å². The summed E-state index contributed by atoms with van der Waals surface area (Å²) in [5.41, 5.74) is 16.5. The van der Waals surface area contributed by atoms with Gasteiger partial charge < -0.3 is 9.47 Å². The van der Waals surface area contributed by atoms with E-state index in [1.807, 2.05) is 12.4 Å². The van der Waals surface area contributed by atoms with Gasteiger partial charge in [0.2, 0.25) is 0 Å². The average molecular weight is 698 g/mol. The zero-order valence-electron chi connectivity index (χ0n) is 31.1. The first-order valence-electron chi connectivity index (χ1n) is 19.3. The van der Waals surface area contributed by atoms with E-state index in [1.54, 1.807) is 0 Å². The summed E-state index contributed by atoms with van der Waals surface area (Å²) in [4.78, 5) is 6.97. The Morgan fingerprint density at radius 2 is 1.43 bits per heavy atom. The monoisotopic (exact) mass is 697 g/mol. The highest BCUT2D eigenvalue weighted by Crippen LogP contribution is 2.50. The van der Waals surface area contributed by atoms with Crippen molar-refractivity contribution in [2.24, 2.45) is 10.9 Å². The zero-order valence-corrected chi connectivity index (χ0v) is 31.1. The number of aliphatic imine (C=N–C) groups is 1. The maximum atomic E-state index is 4.52. The summed E-state index contributed by atoms with van der Waals surface area (Å²) in [6, 6.07) is 51.6. The third-order valence-corrected chi connectivity index (χ3v) is 11.9. The number of para-hydroxylation sites is 2. The second kappa shape index (κ2) is 12.7. The third-order valence-electron chi connectivity index (χ3n) is 11.9. The van der Waals surface area contributed by atoms with Crippen LogP contribution in [0.5, 0.6) is 0 Å². The Morgan fingerprint density at radius 3 is 2.24 bits per heavy atom. The van der Waals surface area contributed by atoms with Crippen molar-refractivity contribution >= 4 is 45.0 Å². The van der Waals surface area contributed by atoms with Crippen LogP contribution in [-0.2, 0) is 5.41 Å². The molecule has 1 aliphatic heterocycles. The first-order valence-corrected chi connectivity index (χ1v) is 19.3. The van der Waals surface area contributed by atoms with Crippen LogP contribution in [0.3, 0.4) is 0 Å². The first kappa shape index (κ1) is 32.5. The van der Waals surface area contributed by atoms with E-state index in [4.69, 9.17) is 0 Å². The third kappa shape index (κ3) is 5.29. The number of nitrogens with zero attached hydrogens (tertiary/aromatic N) is 3. The highest BCUT2D eigenvalue weighted by atomic mass is 15.1. The molecule has 0 N–H and O–H groups in total. The molecule has 0 amide bonds. The summed E-state index contributed by atoms with van der Waals surface area (Å²) in [6.45, 7) is 6.96. The first-order chi connectivity index (χ1) is 26.4. The smallest absolute Gasteiger partial charge is 0.0541 e. The van der Waals surface area contributed by atoms with Crippen molar-refractivity contribution in [1.82, 2.24) is 4.57 Å². The lowest BCUT2D eigenvalue weighted by molar-refractivity contribution is 0.660. The van der Waals surface area contributed by atoms with Crippen LogP contribution < -0.4 is 4.90 Å². The van der Waals surface area contributed by atoms with Gasteiger partial charge in [-0.2, -0.15) is 0 Å². The average Bonchev–Trinajstić information content (AvgIpc) is 3.67. The quantitative estimate of drug-likeness (QED) is 0.169. The van der Waals surface area contributed by atoms with Gasteiger partial charge in [-0.15, -0.1) is 0 Å². The van der Waals surface area contributed by atoms with E-state index >= 15 is 0 Å². The Balaban J connectivity index is 1.02. The molecule has 7 aromatic rings. The van der Waals surface area contributed by atoms with E-state index < -0.39 is 0 Å². The number of aromatic nitrogens is 1. The van der Waals surface area contributed by atoms with Crippen molar-refractivity contribution in [2.75, 3.05) is 4.90 Å². The molecule has 0 spiro atoms. The molecule has 2 atom stereocenters. The van der Waals surface area contributed by atoms with E-state index in [2.05, 4.69) is 193 Å². The summed E-state index contributed by atoms with van der Waals surface area (Å²) in [5, 5.41) is 2.59. The summed E-state index contributed by atoms with van der Waals surface area (Å²) in [7, 11) is 0. The van der Waals surface area contributed by atoms with E-state index in [9.17, 15) is 0 Å². The summed E-state index contributed by atoms with van der Waals surface area (Å²) in [6.07, 6.45) is 13.2. The lowest BCUT2D eigenvalue weighted by Gasteiger charge is -2.31. The predicted molar refractivity (Wildman–Crippen MR) is 228 cm³/mol. The Kier molecular flexibility index (Phi) is 7.66. The molecule has 2 heterocycles. The molecule has 54 heavy (non-hydrogen) atoms. The van der Waals surface area contributed by atoms with Crippen molar-refractivity contribution in [1.29, 1.82) is 0 Å². The van der Waals surface area contributed by atoms with E-state index in [1.165, 1.54) is 77.8 Å². The number of allylic oxidation sites excluding steroid dienone is 4. The van der Waals surface area contributed by atoms with Gasteiger partial charge in [0, 0.05) is 57.3 Å². The van der Waals surface area contributed by atoms with Gasteiger partial charge >= 0.3 is 0 Å². The van der Waals surface area contributed by atoms with Crippen LogP contribution in [0.2, 0.25) is 0 Å². The number of hydrogen-bond acceptors (Lipinski definition) is 2. The lowest BCUT2D eigenvalue weighted by atomic mass is 9.82. The second-order valence-electron chi connectivity index (χ2n) is 15.7. The maximum absolute atomic E-state index is 4.52. The number of rotatable bonds is 6. The Hall–Kier alpha value is -6.19. The fraction of sp³-hybridized carbons (Fsp3) is 0.157. The summed E-state index contributed by atoms with van der Waals surface area (Å²) >= 11 is 0. The highest BCUT2D eigenvalue weighted by molar-refractivity contribution is 6.09. The van der Waals surface area contributed by atoms with E-state index in [0.29, 0.717) is 5.92 Å². The molecule has 6 aromatic carbocycles. The largest absolute Gasteiger partial charge is 0.311 e. The van der Waals surface area contributed by atoms with Crippen molar-refractivity contribution in [3.63, 3.8) is 0 Å². The molecule has 0 radical (unpaired) electrons. The molecular formula is C51H43N3. The van der Waals surface area contributed by atoms with Gasteiger partial charge in [-0.25, -0.2) is 0 Å². The van der Waals surface area contributed by atoms with Gasteiger partial charge in [0.1, 0.15) is 0 Å². The van der Waals surface area contributed by atoms with Crippen molar-refractivity contribution in [3.05, 3.63) is 192 Å². The minimum Gasteiger partial charge on any atom is -0.311 e. The second-order valence-corrected chi connectivity index (χ2v) is 15.7. The summed E-state index contributed by atoms with van der Waals surface area (Å²) in [5.74, 6) is 0.740. The Bertz CT molecular complexity index is 2700. The fourth-order valence-electron chi connectivity index (χ4n) is 9.13. The minimum atomic E-state index is -0.0771. The molecule has 262 valence electrons. The predicted octanol–water partition coefficient (Wildman–Crippen LogP) is 13.3. The van der Waals surface area contributed by atoms with E-state index in [-0.39, 0.29) is 11.3 Å². The standard InChI is InChI=1S/C51H43N3/c1-34-29-38(33-52-32-34)36-19-24-41(25-20-36)53(42-26-27-44-43-13-7-9-15-47(43)51(2,3)48(44)31-42)40-22-17-35(18-23-40)37-21-28-50-46(30-37)45-14-8-10-16-49(45)54(50)39-11-5-4-6-12-39/h4-17,19-28,30-35H,18,29H2,1-3H3. The molecule has 2 unspecified atom stereocenters. The SMILES string of the molecule is CC1C=NC=C(c2ccc(N(C3=CCC(c4ccc5c(c4)c4ccccc4n5-c4ccccc4)C=C3)c3ccc4c(c3)C(C)(C)c3ccccc3-4)cc2)C1. The molecule has 0 saturated heterocycles. The highest BCUT2D eigenvalue weighted by Gasteiger charge is 2.36. The van der Waals surface area contributed by atoms with Crippen LogP contribution in [0, 0.1) is 5.92 Å². The van der Waals surface area contributed by atoms with Crippen LogP contribution in [0.4, 0.5) is 11.4 Å². The summed E-state index contributed by atoms with van der Waals surface area (Å²) < 4.78 is 2.39. The molecule has 3 aliphatic rings. The Morgan fingerprint density at radius 1 is 0.685 bits per heavy atom. The van der Waals surface area contributed by atoms with Gasteiger partial charge in [-0.3, -0.25) is 4.99 Å². The van der Waals surface area contributed by atoms with Crippen molar-refractivity contribution in [2.45, 2.75) is 44.9 Å². The maximum Gasteiger partial charge on any atom is 0.0541 e. The molecule has 0 fully saturated rings. The van der Waals surface area contributed by atoms with Crippen molar-refractivity contribution < 1.29 is 0 Å². The molecule has 3 heteroatoms. The Labute approximate surface area is 317 Å². The van der Waals surface area contributed by atoms with Crippen LogP contribution in [0.15, 0.2) is 175 Å². The van der Waals surface area contributed by atoms with Crippen molar-refractivity contribution in [3.8, 4) is 16.8 Å². The fourth-order valence-corrected chi connectivity index (χ4v) is 9.13. The lowest BCUT2D eigenvalue weighted by Crippen LogP contribution is -2.19. The molecule has 0 bridgehead atoms.